The van der Waals surface area contributed by atoms with Crippen LogP contribution in [0.2, 0.25) is 0 Å². The summed E-state index contributed by atoms with van der Waals surface area (Å²) in [5.74, 6) is 1.53. The summed E-state index contributed by atoms with van der Waals surface area (Å²) in [5, 5.41) is 5.50. The summed E-state index contributed by atoms with van der Waals surface area (Å²) in [5.41, 5.74) is 1.69. The summed E-state index contributed by atoms with van der Waals surface area (Å²) in [6.07, 6.45) is 1.85. The number of ether oxygens (including phenoxy) is 2. The first-order valence-corrected chi connectivity index (χ1v) is 8.52. The van der Waals surface area contributed by atoms with E-state index in [1.807, 2.05) is 13.0 Å². The van der Waals surface area contributed by atoms with Crippen LogP contribution in [-0.4, -0.2) is 43.7 Å². The van der Waals surface area contributed by atoms with Crippen LogP contribution in [0.25, 0.3) is 0 Å². The van der Waals surface area contributed by atoms with E-state index in [0.717, 1.165) is 5.56 Å². The molecule has 8 nitrogen and oxygen atoms in total. The van der Waals surface area contributed by atoms with Gasteiger partial charge in [-0.25, -0.2) is 9.78 Å². The Morgan fingerprint density at radius 2 is 1.96 bits per heavy atom. The van der Waals surface area contributed by atoms with Gasteiger partial charge in [0.2, 0.25) is 5.91 Å². The molecular weight excluding hydrogens is 348 g/mol. The lowest BCUT2D eigenvalue weighted by molar-refractivity contribution is -0.117. The average Bonchev–Trinajstić information content (AvgIpc) is 3.01. The fourth-order valence-electron chi connectivity index (χ4n) is 2.99. The van der Waals surface area contributed by atoms with Crippen LogP contribution in [0.5, 0.6) is 11.5 Å². The first kappa shape index (κ1) is 18.5. The third-order valence-corrected chi connectivity index (χ3v) is 4.30. The number of urea groups is 1. The Morgan fingerprint density at radius 3 is 2.67 bits per heavy atom. The van der Waals surface area contributed by atoms with Gasteiger partial charge in [-0.1, -0.05) is 0 Å². The standard InChI is InChI=1S/C19H22N4O4/c1-12-6-7-20-17(8-12)22-19(25)21-13-9-18(24)23(11-13)14-4-5-15(26-2)16(10-14)27-3/h4-8,10,13H,9,11H2,1-3H3,(H2,20,21,22,25)/t13-/m0/s1. The van der Waals surface area contributed by atoms with E-state index in [1.165, 1.54) is 0 Å². The monoisotopic (exact) mass is 370 g/mol. The zero-order valence-electron chi connectivity index (χ0n) is 15.5. The molecule has 3 amide bonds. The molecule has 1 fully saturated rings. The van der Waals surface area contributed by atoms with Crippen LogP contribution in [0.1, 0.15) is 12.0 Å². The van der Waals surface area contributed by atoms with Crippen molar-refractivity contribution >= 4 is 23.4 Å². The molecule has 8 heteroatoms. The van der Waals surface area contributed by atoms with Gasteiger partial charge in [-0.2, -0.15) is 0 Å². The molecule has 0 radical (unpaired) electrons. The van der Waals surface area contributed by atoms with Crippen molar-refractivity contribution in [2.75, 3.05) is 31.0 Å². The Hall–Kier alpha value is -3.29. The summed E-state index contributed by atoms with van der Waals surface area (Å²) in [4.78, 5) is 30.3. The van der Waals surface area contributed by atoms with E-state index < -0.39 is 0 Å². The maximum absolute atomic E-state index is 12.4. The number of aromatic nitrogens is 1. The van der Waals surface area contributed by atoms with E-state index in [-0.39, 0.29) is 24.4 Å². The molecule has 0 spiro atoms. The van der Waals surface area contributed by atoms with Gasteiger partial charge < -0.3 is 19.7 Å². The molecule has 1 atom stereocenters. The van der Waals surface area contributed by atoms with E-state index in [2.05, 4.69) is 15.6 Å². The molecule has 1 aromatic carbocycles. The van der Waals surface area contributed by atoms with Crippen molar-refractivity contribution in [2.24, 2.45) is 0 Å². The minimum absolute atomic E-state index is 0.0683. The van der Waals surface area contributed by atoms with Crippen LogP contribution in [0, 0.1) is 6.92 Å². The lowest BCUT2D eigenvalue weighted by Crippen LogP contribution is -2.39. The van der Waals surface area contributed by atoms with Gasteiger partial charge in [0, 0.05) is 30.9 Å². The number of carbonyl (C=O) groups excluding carboxylic acids is 2. The predicted molar refractivity (Wildman–Crippen MR) is 101 cm³/mol. The second-order valence-electron chi connectivity index (χ2n) is 6.26. The molecule has 3 rings (SSSR count). The highest BCUT2D eigenvalue weighted by atomic mass is 16.5. The largest absolute Gasteiger partial charge is 0.493 e. The number of benzene rings is 1. The van der Waals surface area contributed by atoms with Gasteiger partial charge in [0.05, 0.1) is 20.3 Å². The highest BCUT2D eigenvalue weighted by molar-refractivity contribution is 5.97. The molecule has 0 aliphatic carbocycles. The normalized spacial score (nSPS) is 16.2. The molecule has 1 saturated heterocycles. The number of hydrogen-bond acceptors (Lipinski definition) is 5. The van der Waals surface area contributed by atoms with Gasteiger partial charge >= 0.3 is 6.03 Å². The van der Waals surface area contributed by atoms with Crippen molar-refractivity contribution in [2.45, 2.75) is 19.4 Å². The highest BCUT2D eigenvalue weighted by Crippen LogP contribution is 2.33. The summed E-state index contributed by atoms with van der Waals surface area (Å²) in [6.45, 7) is 2.30. The first-order valence-electron chi connectivity index (χ1n) is 8.52. The summed E-state index contributed by atoms with van der Waals surface area (Å²) in [7, 11) is 3.10. The smallest absolute Gasteiger partial charge is 0.320 e. The zero-order chi connectivity index (χ0) is 19.4. The SMILES string of the molecule is COc1ccc(N2C[C@@H](NC(=O)Nc3cc(C)ccn3)CC2=O)cc1OC. The third kappa shape index (κ3) is 4.28. The summed E-state index contributed by atoms with van der Waals surface area (Å²) < 4.78 is 10.5. The van der Waals surface area contributed by atoms with Crippen LogP contribution < -0.4 is 25.0 Å². The number of amides is 3. The predicted octanol–water partition coefficient (Wildman–Crippen LogP) is 2.33. The quantitative estimate of drug-likeness (QED) is 0.843. The van der Waals surface area contributed by atoms with Crippen molar-refractivity contribution < 1.29 is 19.1 Å². The van der Waals surface area contributed by atoms with E-state index in [1.54, 1.807) is 49.6 Å². The van der Waals surface area contributed by atoms with Crippen LogP contribution in [0.3, 0.4) is 0 Å². The lowest BCUT2D eigenvalue weighted by Gasteiger charge is -2.19. The number of pyridine rings is 1. The molecule has 0 unspecified atom stereocenters. The maximum Gasteiger partial charge on any atom is 0.320 e. The van der Waals surface area contributed by atoms with Crippen LogP contribution in [0.4, 0.5) is 16.3 Å². The topological polar surface area (TPSA) is 92.8 Å². The maximum atomic E-state index is 12.4. The zero-order valence-corrected chi connectivity index (χ0v) is 15.5. The first-order chi connectivity index (χ1) is 13.0. The molecule has 27 heavy (non-hydrogen) atoms. The number of nitrogens with zero attached hydrogens (tertiary/aromatic N) is 2. The van der Waals surface area contributed by atoms with Crippen molar-refractivity contribution in [1.82, 2.24) is 10.3 Å². The number of nitrogens with one attached hydrogen (secondary N) is 2. The molecule has 1 aliphatic rings. The third-order valence-electron chi connectivity index (χ3n) is 4.30. The van der Waals surface area contributed by atoms with Gasteiger partial charge in [0.25, 0.3) is 0 Å². The van der Waals surface area contributed by atoms with E-state index in [4.69, 9.17) is 9.47 Å². The van der Waals surface area contributed by atoms with Gasteiger partial charge in [0.1, 0.15) is 5.82 Å². The molecule has 0 saturated carbocycles. The number of rotatable bonds is 5. The molecule has 1 aliphatic heterocycles. The minimum Gasteiger partial charge on any atom is -0.493 e. The molecule has 1 aromatic heterocycles. The Bertz CT molecular complexity index is 855. The fourth-order valence-corrected chi connectivity index (χ4v) is 2.99. The van der Waals surface area contributed by atoms with Gasteiger partial charge in [-0.15, -0.1) is 0 Å². The Balaban J connectivity index is 1.64. The number of hydrogen-bond donors (Lipinski definition) is 2. The van der Waals surface area contributed by atoms with E-state index in [9.17, 15) is 9.59 Å². The molecular formula is C19H22N4O4. The van der Waals surface area contributed by atoms with E-state index in [0.29, 0.717) is 29.5 Å². The van der Waals surface area contributed by atoms with Crippen molar-refractivity contribution in [3.63, 3.8) is 0 Å². The number of carbonyl (C=O) groups is 2. The Labute approximate surface area is 157 Å². The Morgan fingerprint density at radius 1 is 1.19 bits per heavy atom. The lowest BCUT2D eigenvalue weighted by atomic mass is 10.2. The highest BCUT2D eigenvalue weighted by Gasteiger charge is 2.32. The second kappa shape index (κ2) is 7.94. The van der Waals surface area contributed by atoms with Crippen LogP contribution in [0.15, 0.2) is 36.5 Å². The van der Waals surface area contributed by atoms with Crippen LogP contribution >= 0.6 is 0 Å². The molecule has 2 heterocycles. The number of methoxy groups -OCH3 is 2. The summed E-state index contributed by atoms with van der Waals surface area (Å²) in [6, 6.07) is 8.22. The van der Waals surface area contributed by atoms with Crippen molar-refractivity contribution in [3.8, 4) is 11.5 Å². The second-order valence-corrected chi connectivity index (χ2v) is 6.26. The fraction of sp³-hybridized carbons (Fsp3) is 0.316. The molecule has 0 bridgehead atoms. The van der Waals surface area contributed by atoms with Crippen molar-refractivity contribution in [3.05, 3.63) is 42.1 Å². The molecule has 142 valence electrons. The van der Waals surface area contributed by atoms with Gasteiger partial charge in [-0.3, -0.25) is 10.1 Å². The molecule has 2 aromatic rings. The van der Waals surface area contributed by atoms with Gasteiger partial charge in [0.15, 0.2) is 11.5 Å². The number of anilines is 2. The number of aryl methyl sites for hydroxylation is 1. The summed E-state index contributed by atoms with van der Waals surface area (Å²) >= 11 is 0. The van der Waals surface area contributed by atoms with Crippen molar-refractivity contribution in [1.29, 1.82) is 0 Å². The molecule has 2 N–H and O–H groups in total. The van der Waals surface area contributed by atoms with Gasteiger partial charge in [-0.05, 0) is 36.8 Å². The van der Waals surface area contributed by atoms with Crippen LogP contribution in [-0.2, 0) is 4.79 Å². The average molecular weight is 370 g/mol. The minimum atomic E-state index is -0.389. The van der Waals surface area contributed by atoms with E-state index >= 15 is 0 Å². The Kier molecular flexibility index (Phi) is 5.44.